The van der Waals surface area contributed by atoms with Crippen molar-refractivity contribution < 1.29 is 13.9 Å². The van der Waals surface area contributed by atoms with Crippen LogP contribution in [0, 0.1) is 0 Å². The van der Waals surface area contributed by atoms with E-state index in [2.05, 4.69) is 0 Å². The molecule has 0 aliphatic rings. The zero-order valence-electron chi connectivity index (χ0n) is 15.4. The van der Waals surface area contributed by atoms with Gasteiger partial charge < -0.3 is 13.9 Å². The van der Waals surface area contributed by atoms with Gasteiger partial charge in [-0.3, -0.25) is 4.79 Å². The summed E-state index contributed by atoms with van der Waals surface area (Å²) in [7, 11) is 3.25. The minimum Gasteiger partial charge on any atom is -0.496 e. The maximum atomic E-state index is 12.6. The third-order valence-corrected chi connectivity index (χ3v) is 4.35. The fourth-order valence-corrected chi connectivity index (χ4v) is 2.65. The zero-order chi connectivity index (χ0) is 18.7. The molecule has 1 aromatic heterocycles. The molecule has 134 valence electrons. The molecule has 3 rings (SSSR count). The van der Waals surface area contributed by atoms with E-state index in [-0.39, 0.29) is 5.43 Å². The number of benzene rings is 2. The number of rotatable bonds is 5. The van der Waals surface area contributed by atoms with Crippen molar-refractivity contribution in [3.63, 3.8) is 0 Å². The van der Waals surface area contributed by atoms with E-state index in [4.69, 9.17) is 13.9 Å². The predicted molar refractivity (Wildman–Crippen MR) is 105 cm³/mol. The molecule has 0 bridgehead atoms. The molecule has 4 nitrogen and oxygen atoms in total. The third-order valence-electron chi connectivity index (χ3n) is 4.35. The first-order chi connectivity index (χ1) is 12.4. The van der Waals surface area contributed by atoms with Gasteiger partial charge in [-0.05, 0) is 32.1 Å². The molecule has 0 aliphatic carbocycles. The van der Waals surface area contributed by atoms with Gasteiger partial charge >= 0.3 is 0 Å². The van der Waals surface area contributed by atoms with Crippen molar-refractivity contribution in [2.45, 2.75) is 19.4 Å². The van der Waals surface area contributed by atoms with Crippen molar-refractivity contribution in [2.75, 3.05) is 14.2 Å². The third kappa shape index (κ3) is 3.55. The smallest absolute Gasteiger partial charge is 0.193 e. The molecule has 0 saturated heterocycles. The van der Waals surface area contributed by atoms with Crippen molar-refractivity contribution in [1.29, 1.82) is 0 Å². The van der Waals surface area contributed by atoms with Crippen LogP contribution in [0.1, 0.15) is 19.4 Å². The number of methoxy groups -OCH3 is 2. The summed E-state index contributed by atoms with van der Waals surface area (Å²) in [5.74, 6) is 1.16. The Morgan fingerprint density at radius 3 is 2.42 bits per heavy atom. The van der Waals surface area contributed by atoms with Crippen LogP contribution in [0.4, 0.5) is 0 Å². The maximum Gasteiger partial charge on any atom is 0.193 e. The molecule has 0 amide bonds. The van der Waals surface area contributed by atoms with Crippen molar-refractivity contribution in [3.8, 4) is 17.1 Å². The molecule has 0 radical (unpaired) electrons. The summed E-state index contributed by atoms with van der Waals surface area (Å²) in [5.41, 5.74) is 1.52. The molecule has 3 aromatic rings. The Morgan fingerprint density at radius 2 is 1.77 bits per heavy atom. The Bertz CT molecular complexity index is 998. The summed E-state index contributed by atoms with van der Waals surface area (Å²) in [4.78, 5) is 12.6. The van der Waals surface area contributed by atoms with E-state index in [9.17, 15) is 4.79 Å². The van der Waals surface area contributed by atoms with Crippen LogP contribution in [0.5, 0.6) is 5.75 Å². The average molecular weight is 350 g/mol. The van der Waals surface area contributed by atoms with Gasteiger partial charge in [-0.25, -0.2) is 0 Å². The Morgan fingerprint density at radius 1 is 1.04 bits per heavy atom. The van der Waals surface area contributed by atoms with E-state index in [1.165, 1.54) is 6.07 Å². The molecule has 0 spiro atoms. The normalized spacial score (nSPS) is 12.0. The molecule has 0 fully saturated rings. The van der Waals surface area contributed by atoms with Crippen molar-refractivity contribution in [2.24, 2.45) is 0 Å². The van der Waals surface area contributed by atoms with E-state index in [1.54, 1.807) is 26.4 Å². The topological polar surface area (TPSA) is 48.7 Å². The molecule has 0 aliphatic heterocycles. The highest BCUT2D eigenvalue weighted by Crippen LogP contribution is 2.31. The average Bonchev–Trinajstić information content (AvgIpc) is 2.66. The summed E-state index contributed by atoms with van der Waals surface area (Å²) in [6, 6.07) is 14.6. The van der Waals surface area contributed by atoms with Gasteiger partial charge in [0.15, 0.2) is 5.43 Å². The molecular weight excluding hydrogens is 328 g/mol. The predicted octanol–water partition coefficient (Wildman–Crippen LogP) is 4.91. The van der Waals surface area contributed by atoms with E-state index < -0.39 is 5.60 Å². The highest BCUT2D eigenvalue weighted by molar-refractivity contribution is 5.89. The van der Waals surface area contributed by atoms with Gasteiger partial charge in [-0.2, -0.15) is 0 Å². The molecule has 0 N–H and O–H groups in total. The first-order valence-corrected chi connectivity index (χ1v) is 8.40. The summed E-state index contributed by atoms with van der Waals surface area (Å²) in [6.45, 7) is 3.90. The molecular formula is C22H22O4. The zero-order valence-corrected chi connectivity index (χ0v) is 15.4. The molecule has 0 unspecified atom stereocenters. The fraction of sp³-hybridized carbons (Fsp3) is 0.227. The van der Waals surface area contributed by atoms with Gasteiger partial charge in [0.25, 0.3) is 0 Å². The van der Waals surface area contributed by atoms with Crippen molar-refractivity contribution in [3.05, 3.63) is 70.4 Å². The Balaban J connectivity index is 2.27. The van der Waals surface area contributed by atoms with Crippen LogP contribution in [0.25, 0.3) is 28.4 Å². The molecule has 0 atom stereocenters. The number of hydrogen-bond donors (Lipinski definition) is 0. The molecule has 26 heavy (non-hydrogen) atoms. The standard InChI is InChI=1S/C22H22O4/c1-22(2,25-4)13-12-17-19(24-3)11-10-16-18(23)14-20(26-21(16)17)15-8-6-5-7-9-15/h5-14H,1-4H3/b13-12+. The monoisotopic (exact) mass is 350 g/mol. The first-order valence-electron chi connectivity index (χ1n) is 8.40. The molecule has 2 aromatic carbocycles. The van der Waals surface area contributed by atoms with Crippen LogP contribution >= 0.6 is 0 Å². The van der Waals surface area contributed by atoms with Gasteiger partial charge in [-0.15, -0.1) is 0 Å². The van der Waals surface area contributed by atoms with Crippen LogP contribution in [0.3, 0.4) is 0 Å². The number of hydrogen-bond acceptors (Lipinski definition) is 4. The molecule has 0 saturated carbocycles. The van der Waals surface area contributed by atoms with Crippen LogP contribution in [0.2, 0.25) is 0 Å². The van der Waals surface area contributed by atoms with Gasteiger partial charge in [0.2, 0.25) is 0 Å². The van der Waals surface area contributed by atoms with Crippen LogP contribution < -0.4 is 10.2 Å². The van der Waals surface area contributed by atoms with E-state index in [0.717, 1.165) is 5.56 Å². The lowest BCUT2D eigenvalue weighted by molar-refractivity contribution is 0.0663. The molecule has 4 heteroatoms. The quantitative estimate of drug-likeness (QED) is 0.656. The van der Waals surface area contributed by atoms with E-state index >= 15 is 0 Å². The highest BCUT2D eigenvalue weighted by Gasteiger charge is 2.16. The Kier molecular flexibility index (Phi) is 4.96. The van der Waals surface area contributed by atoms with Gasteiger partial charge in [0, 0.05) is 18.7 Å². The second-order valence-electron chi connectivity index (χ2n) is 6.54. The summed E-state index contributed by atoms with van der Waals surface area (Å²) in [6.07, 6.45) is 3.79. The van der Waals surface area contributed by atoms with Crippen LogP contribution in [-0.2, 0) is 4.74 Å². The second kappa shape index (κ2) is 7.18. The minimum atomic E-state index is -0.454. The summed E-state index contributed by atoms with van der Waals surface area (Å²) >= 11 is 0. The van der Waals surface area contributed by atoms with E-state index in [1.807, 2.05) is 56.3 Å². The van der Waals surface area contributed by atoms with Gasteiger partial charge in [0.05, 0.1) is 23.7 Å². The number of ether oxygens (including phenoxy) is 2. The highest BCUT2D eigenvalue weighted by atomic mass is 16.5. The number of fused-ring (bicyclic) bond motifs is 1. The van der Waals surface area contributed by atoms with Crippen LogP contribution in [0.15, 0.2) is 63.8 Å². The second-order valence-corrected chi connectivity index (χ2v) is 6.54. The van der Waals surface area contributed by atoms with Crippen molar-refractivity contribution >= 4 is 17.0 Å². The van der Waals surface area contributed by atoms with Gasteiger partial charge in [0.1, 0.15) is 17.1 Å². The summed E-state index contributed by atoms with van der Waals surface area (Å²) < 4.78 is 17.1. The first kappa shape index (κ1) is 18.0. The lowest BCUT2D eigenvalue weighted by Crippen LogP contribution is -2.18. The van der Waals surface area contributed by atoms with Gasteiger partial charge in [-0.1, -0.05) is 36.4 Å². The summed E-state index contributed by atoms with van der Waals surface area (Å²) in [5, 5.41) is 0.514. The Labute approximate surface area is 152 Å². The lowest BCUT2D eigenvalue weighted by Gasteiger charge is -2.18. The fourth-order valence-electron chi connectivity index (χ4n) is 2.65. The minimum absolute atomic E-state index is 0.0894. The lowest BCUT2D eigenvalue weighted by atomic mass is 10.0. The Hall–Kier alpha value is -2.85. The van der Waals surface area contributed by atoms with Crippen molar-refractivity contribution in [1.82, 2.24) is 0 Å². The maximum absolute atomic E-state index is 12.6. The van der Waals surface area contributed by atoms with Crippen LogP contribution in [-0.4, -0.2) is 19.8 Å². The van der Waals surface area contributed by atoms with E-state index in [0.29, 0.717) is 28.0 Å². The largest absolute Gasteiger partial charge is 0.496 e. The molecule has 1 heterocycles. The SMILES string of the molecule is COc1ccc2c(=O)cc(-c3ccccc3)oc2c1/C=C/C(C)(C)OC.